The summed E-state index contributed by atoms with van der Waals surface area (Å²) in [4.78, 5) is 2.62. The SMILES string of the molecule is CCCCCCCCCCCCCCCCN(CCCN)CCCNCCCN. The number of nitrogens with two attached hydrogens (primary N) is 2. The van der Waals surface area contributed by atoms with Crippen molar-refractivity contribution < 1.29 is 0 Å². The van der Waals surface area contributed by atoms with Gasteiger partial charge in [0, 0.05) is 0 Å². The van der Waals surface area contributed by atoms with E-state index in [0.29, 0.717) is 0 Å². The Morgan fingerprint density at radius 2 is 0.897 bits per heavy atom. The summed E-state index contributed by atoms with van der Waals surface area (Å²) >= 11 is 0. The molecule has 0 unspecified atom stereocenters. The molecule has 0 aromatic rings. The van der Waals surface area contributed by atoms with Gasteiger partial charge in [0.25, 0.3) is 0 Å². The molecule has 0 heterocycles. The number of nitrogens with zero attached hydrogens (tertiary/aromatic N) is 1. The van der Waals surface area contributed by atoms with E-state index in [4.69, 9.17) is 11.5 Å². The Morgan fingerprint density at radius 3 is 1.41 bits per heavy atom. The Morgan fingerprint density at radius 1 is 0.483 bits per heavy atom. The van der Waals surface area contributed by atoms with Crippen LogP contribution in [0.1, 0.15) is 116 Å². The summed E-state index contributed by atoms with van der Waals surface area (Å²) < 4.78 is 0. The van der Waals surface area contributed by atoms with Crippen molar-refractivity contribution in [2.75, 3.05) is 45.8 Å². The highest BCUT2D eigenvalue weighted by Gasteiger charge is 2.04. The minimum absolute atomic E-state index is 0.786. The van der Waals surface area contributed by atoms with Crippen molar-refractivity contribution in [1.82, 2.24) is 10.2 Å². The molecule has 5 N–H and O–H groups in total. The number of nitrogens with one attached hydrogen (secondary N) is 1. The molecule has 0 aliphatic heterocycles. The first kappa shape index (κ1) is 28.8. The molecule has 0 aliphatic rings. The van der Waals surface area contributed by atoms with Crippen LogP contribution in [-0.2, 0) is 0 Å². The molecular weight excluding hydrogens is 356 g/mol. The normalized spacial score (nSPS) is 11.6. The smallest absolute Gasteiger partial charge is 0.000663 e. The molecule has 176 valence electrons. The molecule has 0 saturated heterocycles. The van der Waals surface area contributed by atoms with Crippen molar-refractivity contribution in [2.45, 2.75) is 116 Å². The summed E-state index contributed by atoms with van der Waals surface area (Å²) in [6, 6.07) is 0. The van der Waals surface area contributed by atoms with Gasteiger partial charge in [0.2, 0.25) is 0 Å². The lowest BCUT2D eigenvalue weighted by molar-refractivity contribution is 0.260. The van der Waals surface area contributed by atoms with Crippen LogP contribution < -0.4 is 16.8 Å². The molecule has 0 bridgehead atoms. The van der Waals surface area contributed by atoms with Crippen LogP contribution in [0.2, 0.25) is 0 Å². The Bertz CT molecular complexity index is 286. The third-order valence-electron chi connectivity index (χ3n) is 5.89. The summed E-state index contributed by atoms with van der Waals surface area (Å²) in [7, 11) is 0. The van der Waals surface area contributed by atoms with Gasteiger partial charge in [0.05, 0.1) is 0 Å². The summed E-state index contributed by atoms with van der Waals surface area (Å²) in [5.41, 5.74) is 11.2. The van der Waals surface area contributed by atoms with Gasteiger partial charge < -0.3 is 21.7 Å². The van der Waals surface area contributed by atoms with Crippen LogP contribution in [0, 0.1) is 0 Å². The summed E-state index contributed by atoms with van der Waals surface area (Å²) in [6.07, 6.45) is 23.5. The van der Waals surface area contributed by atoms with Gasteiger partial charge in [-0.25, -0.2) is 0 Å². The maximum absolute atomic E-state index is 5.72. The first-order valence-electron chi connectivity index (χ1n) is 13.2. The Kier molecular flexibility index (Phi) is 25.7. The van der Waals surface area contributed by atoms with Gasteiger partial charge in [-0.15, -0.1) is 0 Å². The maximum atomic E-state index is 5.72. The molecule has 4 heteroatoms. The van der Waals surface area contributed by atoms with Crippen LogP contribution in [0.5, 0.6) is 0 Å². The third kappa shape index (κ3) is 24.0. The van der Waals surface area contributed by atoms with Crippen LogP contribution in [0.3, 0.4) is 0 Å². The van der Waals surface area contributed by atoms with Crippen molar-refractivity contribution >= 4 is 0 Å². The van der Waals surface area contributed by atoms with Crippen LogP contribution in [-0.4, -0.2) is 50.7 Å². The average molecular weight is 413 g/mol. The topological polar surface area (TPSA) is 67.3 Å². The van der Waals surface area contributed by atoms with E-state index in [2.05, 4.69) is 17.1 Å². The number of hydrogen-bond donors (Lipinski definition) is 3. The lowest BCUT2D eigenvalue weighted by atomic mass is 10.0. The van der Waals surface area contributed by atoms with Gasteiger partial charge in [-0.2, -0.15) is 0 Å². The molecule has 0 aromatic heterocycles. The van der Waals surface area contributed by atoms with Crippen molar-refractivity contribution in [3.8, 4) is 0 Å². The third-order valence-corrected chi connectivity index (χ3v) is 5.89. The van der Waals surface area contributed by atoms with E-state index in [1.54, 1.807) is 0 Å². The van der Waals surface area contributed by atoms with Crippen LogP contribution >= 0.6 is 0 Å². The minimum atomic E-state index is 0.786. The number of hydrogen-bond acceptors (Lipinski definition) is 4. The fourth-order valence-corrected chi connectivity index (χ4v) is 3.96. The molecule has 0 aromatic carbocycles. The van der Waals surface area contributed by atoms with Gasteiger partial charge in [0.15, 0.2) is 0 Å². The minimum Gasteiger partial charge on any atom is -0.330 e. The molecule has 4 nitrogen and oxygen atoms in total. The zero-order valence-electron chi connectivity index (χ0n) is 20.1. The number of rotatable bonds is 25. The molecule has 0 amide bonds. The number of unbranched alkanes of at least 4 members (excludes halogenated alkanes) is 13. The highest BCUT2D eigenvalue weighted by atomic mass is 15.1. The van der Waals surface area contributed by atoms with Crippen LogP contribution in [0.15, 0.2) is 0 Å². The fraction of sp³-hybridized carbons (Fsp3) is 1.00. The largest absolute Gasteiger partial charge is 0.330 e. The van der Waals surface area contributed by atoms with Gasteiger partial charge >= 0.3 is 0 Å². The first-order chi connectivity index (χ1) is 14.3. The molecule has 0 radical (unpaired) electrons. The molecule has 0 saturated carbocycles. The first-order valence-corrected chi connectivity index (χ1v) is 13.2. The van der Waals surface area contributed by atoms with E-state index in [1.165, 1.54) is 109 Å². The van der Waals surface area contributed by atoms with E-state index >= 15 is 0 Å². The Balaban J connectivity index is 3.43. The quantitative estimate of drug-likeness (QED) is 0.174. The lowest BCUT2D eigenvalue weighted by Gasteiger charge is -2.22. The fourth-order valence-electron chi connectivity index (χ4n) is 3.96. The van der Waals surface area contributed by atoms with E-state index < -0.39 is 0 Å². The average Bonchev–Trinajstić information content (AvgIpc) is 2.74. The monoisotopic (exact) mass is 412 g/mol. The van der Waals surface area contributed by atoms with Crippen molar-refractivity contribution in [2.24, 2.45) is 11.5 Å². The predicted molar refractivity (Wildman–Crippen MR) is 132 cm³/mol. The van der Waals surface area contributed by atoms with Crippen molar-refractivity contribution in [3.05, 3.63) is 0 Å². The second kappa shape index (κ2) is 25.9. The highest BCUT2D eigenvalue weighted by Crippen LogP contribution is 2.13. The van der Waals surface area contributed by atoms with Gasteiger partial charge in [-0.3, -0.25) is 0 Å². The summed E-state index contributed by atoms with van der Waals surface area (Å²) in [5, 5.41) is 3.49. The second-order valence-electron chi connectivity index (χ2n) is 8.83. The van der Waals surface area contributed by atoms with Gasteiger partial charge in [0.1, 0.15) is 0 Å². The molecule has 0 aliphatic carbocycles. The molecular formula is C25H56N4. The molecule has 0 spiro atoms. The van der Waals surface area contributed by atoms with Crippen molar-refractivity contribution in [1.29, 1.82) is 0 Å². The molecule has 0 rings (SSSR count). The highest BCUT2D eigenvalue weighted by molar-refractivity contribution is 4.61. The zero-order chi connectivity index (χ0) is 21.3. The van der Waals surface area contributed by atoms with Crippen LogP contribution in [0.4, 0.5) is 0 Å². The van der Waals surface area contributed by atoms with Gasteiger partial charge in [-0.1, -0.05) is 90.4 Å². The van der Waals surface area contributed by atoms with Crippen LogP contribution in [0.25, 0.3) is 0 Å². The van der Waals surface area contributed by atoms with Gasteiger partial charge in [-0.05, 0) is 71.5 Å². The standard InChI is InChI=1S/C25H56N4/c1-2-3-4-5-6-7-8-9-10-11-12-13-14-15-23-29(24-17-20-27)25-18-22-28-21-16-19-26/h28H,2-27H2,1H3. The van der Waals surface area contributed by atoms with E-state index in [9.17, 15) is 0 Å². The molecule has 29 heavy (non-hydrogen) atoms. The van der Waals surface area contributed by atoms with Crippen molar-refractivity contribution in [3.63, 3.8) is 0 Å². The lowest BCUT2D eigenvalue weighted by Crippen LogP contribution is -2.31. The van der Waals surface area contributed by atoms with E-state index in [-0.39, 0.29) is 0 Å². The Labute approximate surface area is 183 Å². The maximum Gasteiger partial charge on any atom is -0.000663 e. The summed E-state index contributed by atoms with van der Waals surface area (Å²) in [6.45, 7) is 9.67. The molecule has 0 atom stereocenters. The molecule has 0 fully saturated rings. The van der Waals surface area contributed by atoms with E-state index in [1.807, 2.05) is 0 Å². The zero-order valence-corrected chi connectivity index (χ0v) is 20.1. The second-order valence-corrected chi connectivity index (χ2v) is 8.83. The van der Waals surface area contributed by atoms with E-state index in [0.717, 1.165) is 45.6 Å². The predicted octanol–water partition coefficient (Wildman–Crippen LogP) is 5.45. The Hall–Kier alpha value is -0.160. The summed E-state index contributed by atoms with van der Waals surface area (Å²) in [5.74, 6) is 0.